The summed E-state index contributed by atoms with van der Waals surface area (Å²) in [5, 5.41) is 11.0. The van der Waals surface area contributed by atoms with Gasteiger partial charge in [0.15, 0.2) is 0 Å². The minimum atomic E-state index is -0.659. The van der Waals surface area contributed by atoms with E-state index in [0.717, 1.165) is 38.8 Å². The van der Waals surface area contributed by atoms with E-state index in [1.807, 2.05) is 0 Å². The van der Waals surface area contributed by atoms with Gasteiger partial charge in [0.05, 0.1) is 13.2 Å². The molecule has 2 fully saturated rings. The van der Waals surface area contributed by atoms with E-state index < -0.39 is 5.72 Å². The Balaban J connectivity index is 1.55. The number of nitrogens with zero attached hydrogens (tertiary/aromatic N) is 1. The number of ether oxygens (including phenoxy) is 1. The molecule has 0 radical (unpaired) electrons. The van der Waals surface area contributed by atoms with Crippen molar-refractivity contribution in [1.82, 2.24) is 4.90 Å². The standard InChI is InChI=1S/C24H31NO2/c1-19-7-5-6-10-22(19)23(20-8-3-2-4-9-20)21-11-15-25(16-12-21)24(26)13-17-27-18-14-24/h2-10,21,23,26H,11-18H2,1H3. The van der Waals surface area contributed by atoms with Gasteiger partial charge in [-0.25, -0.2) is 0 Å². The Labute approximate surface area is 163 Å². The smallest absolute Gasteiger partial charge is 0.122 e. The van der Waals surface area contributed by atoms with Crippen LogP contribution in [0.2, 0.25) is 0 Å². The SMILES string of the molecule is Cc1ccccc1C(c1ccccc1)C1CCN(C2(O)CCOCC2)CC1. The Morgan fingerprint density at radius 1 is 0.963 bits per heavy atom. The van der Waals surface area contributed by atoms with E-state index >= 15 is 0 Å². The zero-order valence-corrected chi connectivity index (χ0v) is 16.3. The number of aliphatic hydroxyl groups is 1. The number of hydrogen-bond donors (Lipinski definition) is 1. The highest BCUT2D eigenvalue weighted by molar-refractivity contribution is 5.38. The van der Waals surface area contributed by atoms with Crippen LogP contribution < -0.4 is 0 Å². The Morgan fingerprint density at radius 3 is 2.26 bits per heavy atom. The molecular weight excluding hydrogens is 334 g/mol. The molecule has 2 aromatic carbocycles. The summed E-state index contributed by atoms with van der Waals surface area (Å²) in [4.78, 5) is 2.31. The molecule has 0 spiro atoms. The summed E-state index contributed by atoms with van der Waals surface area (Å²) in [6.07, 6.45) is 3.71. The van der Waals surface area contributed by atoms with Gasteiger partial charge >= 0.3 is 0 Å². The van der Waals surface area contributed by atoms with Crippen molar-refractivity contribution in [3.8, 4) is 0 Å². The van der Waals surface area contributed by atoms with Crippen molar-refractivity contribution in [2.45, 2.75) is 44.2 Å². The molecule has 0 bridgehead atoms. The Hall–Kier alpha value is -1.68. The fourth-order valence-corrected chi connectivity index (χ4v) is 4.97. The third kappa shape index (κ3) is 3.96. The topological polar surface area (TPSA) is 32.7 Å². The van der Waals surface area contributed by atoms with Crippen LogP contribution >= 0.6 is 0 Å². The second-order valence-corrected chi connectivity index (χ2v) is 8.16. The summed E-state index contributed by atoms with van der Waals surface area (Å²) in [6, 6.07) is 19.8. The molecule has 3 nitrogen and oxygen atoms in total. The summed E-state index contributed by atoms with van der Waals surface area (Å²) in [6.45, 7) is 5.51. The van der Waals surface area contributed by atoms with Gasteiger partial charge in [0.25, 0.3) is 0 Å². The van der Waals surface area contributed by atoms with Gasteiger partial charge in [0, 0.05) is 31.8 Å². The molecule has 1 N–H and O–H groups in total. The van der Waals surface area contributed by atoms with Crippen LogP contribution in [-0.4, -0.2) is 42.0 Å². The number of hydrogen-bond acceptors (Lipinski definition) is 3. The van der Waals surface area contributed by atoms with E-state index in [-0.39, 0.29) is 0 Å². The van der Waals surface area contributed by atoms with Gasteiger partial charge in [-0.05, 0) is 42.4 Å². The first-order valence-corrected chi connectivity index (χ1v) is 10.3. The van der Waals surface area contributed by atoms with Crippen molar-refractivity contribution in [2.24, 2.45) is 5.92 Å². The predicted octanol–water partition coefficient (Wildman–Crippen LogP) is 4.34. The highest BCUT2D eigenvalue weighted by atomic mass is 16.5. The average molecular weight is 366 g/mol. The zero-order valence-electron chi connectivity index (χ0n) is 16.3. The van der Waals surface area contributed by atoms with Crippen LogP contribution in [0.25, 0.3) is 0 Å². The lowest BCUT2D eigenvalue weighted by molar-refractivity contribution is -0.171. The van der Waals surface area contributed by atoms with Gasteiger partial charge in [0.1, 0.15) is 5.72 Å². The first-order valence-electron chi connectivity index (χ1n) is 10.3. The average Bonchev–Trinajstić information content (AvgIpc) is 2.71. The molecule has 1 unspecified atom stereocenters. The van der Waals surface area contributed by atoms with Crippen LogP contribution in [0.4, 0.5) is 0 Å². The maximum Gasteiger partial charge on any atom is 0.122 e. The lowest BCUT2D eigenvalue weighted by Gasteiger charge is -2.46. The molecule has 2 aliphatic heterocycles. The van der Waals surface area contributed by atoms with Crippen molar-refractivity contribution in [2.75, 3.05) is 26.3 Å². The monoisotopic (exact) mass is 365 g/mol. The third-order valence-electron chi connectivity index (χ3n) is 6.58. The highest BCUT2D eigenvalue weighted by Crippen LogP contribution is 2.41. The molecule has 2 saturated heterocycles. The van der Waals surface area contributed by atoms with Crippen molar-refractivity contribution in [3.05, 3.63) is 71.3 Å². The molecule has 0 amide bonds. The van der Waals surface area contributed by atoms with Crippen LogP contribution in [0.3, 0.4) is 0 Å². The maximum atomic E-state index is 11.0. The van der Waals surface area contributed by atoms with Gasteiger partial charge in [-0.1, -0.05) is 54.6 Å². The first kappa shape index (κ1) is 18.7. The molecule has 4 rings (SSSR count). The summed E-state index contributed by atoms with van der Waals surface area (Å²) in [5.41, 5.74) is 3.58. The van der Waals surface area contributed by atoms with Crippen molar-refractivity contribution in [3.63, 3.8) is 0 Å². The van der Waals surface area contributed by atoms with Gasteiger partial charge in [-0.15, -0.1) is 0 Å². The summed E-state index contributed by atoms with van der Waals surface area (Å²) in [7, 11) is 0. The lowest BCUT2D eigenvalue weighted by Crippen LogP contribution is -2.55. The minimum Gasteiger partial charge on any atom is -0.381 e. The molecule has 2 aromatic rings. The quantitative estimate of drug-likeness (QED) is 0.875. The van der Waals surface area contributed by atoms with E-state index in [1.165, 1.54) is 16.7 Å². The Bertz CT molecular complexity index is 731. The minimum absolute atomic E-state index is 0.430. The lowest BCUT2D eigenvalue weighted by atomic mass is 9.74. The molecule has 0 aliphatic carbocycles. The van der Waals surface area contributed by atoms with E-state index in [4.69, 9.17) is 4.74 Å². The molecule has 2 heterocycles. The fraction of sp³-hybridized carbons (Fsp3) is 0.500. The maximum absolute atomic E-state index is 11.0. The van der Waals surface area contributed by atoms with Crippen LogP contribution in [0, 0.1) is 12.8 Å². The van der Waals surface area contributed by atoms with Gasteiger partial charge < -0.3 is 9.84 Å². The van der Waals surface area contributed by atoms with Crippen LogP contribution in [0.1, 0.15) is 48.3 Å². The second-order valence-electron chi connectivity index (χ2n) is 8.16. The van der Waals surface area contributed by atoms with E-state index in [9.17, 15) is 5.11 Å². The molecule has 0 aromatic heterocycles. The van der Waals surface area contributed by atoms with E-state index in [2.05, 4.69) is 66.4 Å². The number of piperidine rings is 1. The molecular formula is C24H31NO2. The van der Waals surface area contributed by atoms with Gasteiger partial charge in [0.2, 0.25) is 0 Å². The molecule has 2 aliphatic rings. The summed E-state index contributed by atoms with van der Waals surface area (Å²) < 4.78 is 5.46. The number of benzene rings is 2. The van der Waals surface area contributed by atoms with Crippen molar-refractivity contribution < 1.29 is 9.84 Å². The van der Waals surface area contributed by atoms with Gasteiger partial charge in [-0.2, -0.15) is 0 Å². The molecule has 1 atom stereocenters. The van der Waals surface area contributed by atoms with Crippen LogP contribution in [0.5, 0.6) is 0 Å². The highest BCUT2D eigenvalue weighted by Gasteiger charge is 2.39. The molecule has 3 heteroatoms. The third-order valence-corrected chi connectivity index (χ3v) is 6.58. The first-order chi connectivity index (χ1) is 13.2. The molecule has 27 heavy (non-hydrogen) atoms. The van der Waals surface area contributed by atoms with Crippen LogP contribution in [0.15, 0.2) is 54.6 Å². The zero-order chi connectivity index (χ0) is 18.7. The van der Waals surface area contributed by atoms with Crippen LogP contribution in [-0.2, 0) is 4.74 Å². The number of aryl methyl sites for hydroxylation is 1. The predicted molar refractivity (Wildman–Crippen MR) is 109 cm³/mol. The summed E-state index contributed by atoms with van der Waals surface area (Å²) in [5.74, 6) is 1.03. The normalized spacial score (nSPS) is 22.4. The van der Waals surface area contributed by atoms with E-state index in [0.29, 0.717) is 25.0 Å². The second kappa shape index (κ2) is 8.14. The Morgan fingerprint density at radius 2 is 1.59 bits per heavy atom. The summed E-state index contributed by atoms with van der Waals surface area (Å²) >= 11 is 0. The fourth-order valence-electron chi connectivity index (χ4n) is 4.97. The van der Waals surface area contributed by atoms with E-state index in [1.54, 1.807) is 0 Å². The number of rotatable bonds is 4. The largest absolute Gasteiger partial charge is 0.381 e. The molecule has 0 saturated carbocycles. The Kier molecular flexibility index (Phi) is 5.63. The van der Waals surface area contributed by atoms with Crippen molar-refractivity contribution >= 4 is 0 Å². The van der Waals surface area contributed by atoms with Crippen molar-refractivity contribution in [1.29, 1.82) is 0 Å². The molecule has 144 valence electrons. The number of likely N-dealkylation sites (tertiary alicyclic amines) is 1. The van der Waals surface area contributed by atoms with Gasteiger partial charge in [-0.3, -0.25) is 4.90 Å².